The van der Waals surface area contributed by atoms with Crippen molar-refractivity contribution in [3.05, 3.63) is 0 Å². The van der Waals surface area contributed by atoms with Crippen LogP contribution < -0.4 is 0 Å². The third-order valence-corrected chi connectivity index (χ3v) is 2.39. The van der Waals surface area contributed by atoms with Crippen molar-refractivity contribution in [2.24, 2.45) is 5.92 Å². The van der Waals surface area contributed by atoms with E-state index in [0.717, 1.165) is 19.5 Å². The Labute approximate surface area is 82.9 Å². The van der Waals surface area contributed by atoms with E-state index >= 15 is 0 Å². The molecule has 0 fully saturated rings. The summed E-state index contributed by atoms with van der Waals surface area (Å²) in [5.41, 5.74) is 0. The van der Waals surface area contributed by atoms with Crippen LogP contribution in [-0.4, -0.2) is 35.7 Å². The number of aliphatic hydroxyl groups is 1. The lowest BCUT2D eigenvalue weighted by molar-refractivity contribution is 0.111. The Bertz CT molecular complexity index is 115. The minimum Gasteiger partial charge on any atom is -0.395 e. The summed E-state index contributed by atoms with van der Waals surface area (Å²) in [6.45, 7) is 11.2. The van der Waals surface area contributed by atoms with Gasteiger partial charge in [0.15, 0.2) is 0 Å². The smallest absolute Gasteiger partial charge is 0.0586 e. The molecule has 0 aliphatic carbocycles. The predicted octanol–water partition coefficient (Wildman–Crippen LogP) is 2.13. The topological polar surface area (TPSA) is 23.5 Å². The standard InChI is InChI=1S/C11H25NO/c1-5-7-12(6-2)11(9-13)8-10(3)4/h10-11,13H,5-9H2,1-4H3/t11-/m0/s1. The van der Waals surface area contributed by atoms with Gasteiger partial charge < -0.3 is 5.11 Å². The molecule has 0 aromatic carbocycles. The summed E-state index contributed by atoms with van der Waals surface area (Å²) >= 11 is 0. The molecule has 0 spiro atoms. The number of likely N-dealkylation sites (N-methyl/N-ethyl adjacent to an activating group) is 1. The highest BCUT2D eigenvalue weighted by atomic mass is 16.3. The van der Waals surface area contributed by atoms with E-state index in [9.17, 15) is 5.11 Å². The van der Waals surface area contributed by atoms with Crippen molar-refractivity contribution >= 4 is 0 Å². The van der Waals surface area contributed by atoms with Gasteiger partial charge in [-0.1, -0.05) is 27.7 Å². The van der Waals surface area contributed by atoms with Crippen LogP contribution in [0, 0.1) is 5.92 Å². The minimum absolute atomic E-state index is 0.298. The van der Waals surface area contributed by atoms with E-state index in [-0.39, 0.29) is 0 Å². The highest BCUT2D eigenvalue weighted by molar-refractivity contribution is 4.70. The van der Waals surface area contributed by atoms with Crippen LogP contribution in [0.1, 0.15) is 40.5 Å². The molecule has 0 radical (unpaired) electrons. The van der Waals surface area contributed by atoms with Gasteiger partial charge in [-0.05, 0) is 31.8 Å². The molecule has 0 bridgehead atoms. The number of hydrogen-bond donors (Lipinski definition) is 1. The summed E-state index contributed by atoms with van der Waals surface area (Å²) in [5.74, 6) is 0.669. The molecule has 0 aromatic heterocycles. The molecule has 0 amide bonds. The SMILES string of the molecule is CCCN(CC)[C@H](CO)CC(C)C. The largest absolute Gasteiger partial charge is 0.395 e. The van der Waals surface area contributed by atoms with Gasteiger partial charge in [0.1, 0.15) is 0 Å². The zero-order valence-electron chi connectivity index (χ0n) is 9.58. The fourth-order valence-corrected chi connectivity index (χ4v) is 1.77. The molecule has 0 saturated heterocycles. The Morgan fingerprint density at radius 3 is 2.15 bits per heavy atom. The lowest BCUT2D eigenvalue weighted by atomic mass is 10.0. The van der Waals surface area contributed by atoms with E-state index in [4.69, 9.17) is 0 Å². The quantitative estimate of drug-likeness (QED) is 0.660. The van der Waals surface area contributed by atoms with Crippen LogP contribution in [-0.2, 0) is 0 Å². The van der Waals surface area contributed by atoms with Gasteiger partial charge in [0, 0.05) is 6.04 Å². The first-order valence-corrected chi connectivity index (χ1v) is 5.50. The van der Waals surface area contributed by atoms with Crippen molar-refractivity contribution in [3.8, 4) is 0 Å². The van der Waals surface area contributed by atoms with Crippen molar-refractivity contribution in [1.82, 2.24) is 4.90 Å². The lowest BCUT2D eigenvalue weighted by Crippen LogP contribution is -2.39. The Hall–Kier alpha value is -0.0800. The first-order chi connectivity index (χ1) is 6.15. The predicted molar refractivity (Wildman–Crippen MR) is 57.9 cm³/mol. The van der Waals surface area contributed by atoms with E-state index in [1.807, 2.05) is 0 Å². The van der Waals surface area contributed by atoms with Crippen LogP contribution >= 0.6 is 0 Å². The van der Waals surface area contributed by atoms with Gasteiger partial charge in [0.2, 0.25) is 0 Å². The number of rotatable bonds is 7. The van der Waals surface area contributed by atoms with Crippen LogP contribution in [0.3, 0.4) is 0 Å². The summed E-state index contributed by atoms with van der Waals surface area (Å²) in [6.07, 6.45) is 2.27. The van der Waals surface area contributed by atoms with Gasteiger partial charge in [-0.25, -0.2) is 0 Å². The summed E-state index contributed by atoms with van der Waals surface area (Å²) in [6, 6.07) is 0.366. The van der Waals surface area contributed by atoms with Crippen LogP contribution in [0.2, 0.25) is 0 Å². The molecule has 13 heavy (non-hydrogen) atoms. The molecular formula is C11H25NO. The number of aliphatic hydroxyl groups excluding tert-OH is 1. The van der Waals surface area contributed by atoms with Crippen molar-refractivity contribution in [3.63, 3.8) is 0 Å². The Morgan fingerprint density at radius 1 is 1.23 bits per heavy atom. The highest BCUT2D eigenvalue weighted by Gasteiger charge is 2.16. The summed E-state index contributed by atoms with van der Waals surface area (Å²) < 4.78 is 0. The summed E-state index contributed by atoms with van der Waals surface area (Å²) in [4.78, 5) is 2.38. The van der Waals surface area contributed by atoms with Crippen molar-refractivity contribution in [1.29, 1.82) is 0 Å². The van der Waals surface area contributed by atoms with Crippen molar-refractivity contribution in [2.45, 2.75) is 46.6 Å². The van der Waals surface area contributed by atoms with Gasteiger partial charge >= 0.3 is 0 Å². The molecule has 2 heteroatoms. The molecule has 0 aliphatic rings. The minimum atomic E-state index is 0.298. The second-order valence-electron chi connectivity index (χ2n) is 4.09. The zero-order valence-corrected chi connectivity index (χ0v) is 9.58. The fourth-order valence-electron chi connectivity index (χ4n) is 1.77. The molecule has 0 unspecified atom stereocenters. The van der Waals surface area contributed by atoms with Gasteiger partial charge in [0.05, 0.1) is 6.61 Å². The molecule has 1 N–H and O–H groups in total. The van der Waals surface area contributed by atoms with Crippen LogP contribution in [0.15, 0.2) is 0 Å². The van der Waals surface area contributed by atoms with Crippen molar-refractivity contribution < 1.29 is 5.11 Å². The molecule has 0 rings (SSSR count). The second kappa shape index (κ2) is 7.34. The van der Waals surface area contributed by atoms with E-state index in [1.54, 1.807) is 0 Å². The maximum atomic E-state index is 9.26. The second-order valence-corrected chi connectivity index (χ2v) is 4.09. The normalized spacial score (nSPS) is 14.1. The number of nitrogens with zero attached hydrogens (tertiary/aromatic N) is 1. The zero-order chi connectivity index (χ0) is 10.3. The van der Waals surface area contributed by atoms with E-state index in [1.165, 1.54) is 6.42 Å². The third kappa shape index (κ3) is 5.27. The van der Waals surface area contributed by atoms with E-state index < -0.39 is 0 Å². The van der Waals surface area contributed by atoms with Crippen molar-refractivity contribution in [2.75, 3.05) is 19.7 Å². The first kappa shape index (κ1) is 12.9. The highest BCUT2D eigenvalue weighted by Crippen LogP contribution is 2.11. The molecule has 80 valence electrons. The molecule has 1 atom stereocenters. The molecule has 2 nitrogen and oxygen atoms in total. The summed E-state index contributed by atoms with van der Waals surface area (Å²) in [5, 5.41) is 9.26. The van der Waals surface area contributed by atoms with Crippen LogP contribution in [0.5, 0.6) is 0 Å². The van der Waals surface area contributed by atoms with Gasteiger partial charge in [-0.3, -0.25) is 4.90 Å². The maximum absolute atomic E-state index is 9.26. The van der Waals surface area contributed by atoms with E-state index in [0.29, 0.717) is 18.6 Å². The van der Waals surface area contributed by atoms with Crippen LogP contribution in [0.25, 0.3) is 0 Å². The third-order valence-electron chi connectivity index (χ3n) is 2.39. The van der Waals surface area contributed by atoms with Crippen LogP contribution in [0.4, 0.5) is 0 Å². The van der Waals surface area contributed by atoms with Gasteiger partial charge in [-0.2, -0.15) is 0 Å². The summed E-state index contributed by atoms with van der Waals surface area (Å²) in [7, 11) is 0. The Kier molecular flexibility index (Phi) is 7.29. The maximum Gasteiger partial charge on any atom is 0.0586 e. The lowest BCUT2D eigenvalue weighted by Gasteiger charge is -2.30. The average Bonchev–Trinajstić information content (AvgIpc) is 2.10. The first-order valence-electron chi connectivity index (χ1n) is 5.50. The Balaban J connectivity index is 4.00. The molecule has 0 aliphatic heterocycles. The van der Waals surface area contributed by atoms with E-state index in [2.05, 4.69) is 32.6 Å². The number of hydrogen-bond acceptors (Lipinski definition) is 2. The average molecular weight is 187 g/mol. The fraction of sp³-hybridized carbons (Fsp3) is 1.00. The van der Waals surface area contributed by atoms with Gasteiger partial charge in [0.25, 0.3) is 0 Å². The molecular weight excluding hydrogens is 162 g/mol. The molecule has 0 heterocycles. The Morgan fingerprint density at radius 2 is 1.85 bits per heavy atom. The van der Waals surface area contributed by atoms with Gasteiger partial charge in [-0.15, -0.1) is 0 Å². The monoisotopic (exact) mass is 187 g/mol. The molecule has 0 aromatic rings. The molecule has 0 saturated carbocycles.